The molecule has 0 saturated carbocycles. The first-order valence-electron chi connectivity index (χ1n) is 7.37. The van der Waals surface area contributed by atoms with Crippen molar-refractivity contribution >= 4 is 5.91 Å². The molecule has 2 heterocycles. The maximum absolute atomic E-state index is 11.7. The van der Waals surface area contributed by atoms with Crippen LogP contribution in [0.5, 0.6) is 5.75 Å². The van der Waals surface area contributed by atoms with Crippen molar-refractivity contribution in [3.8, 4) is 5.75 Å². The topological polar surface area (TPSA) is 68.5 Å². The molecule has 114 valence electrons. The first-order valence-corrected chi connectivity index (χ1v) is 7.37. The Balaban J connectivity index is 1.68. The molecule has 3 rings (SSSR count). The van der Waals surface area contributed by atoms with Gasteiger partial charge in [-0.1, -0.05) is 24.3 Å². The third-order valence-electron chi connectivity index (χ3n) is 3.83. The molecular formula is C17H19N3O2. The van der Waals surface area contributed by atoms with E-state index in [1.165, 1.54) is 0 Å². The molecule has 22 heavy (non-hydrogen) atoms. The minimum Gasteiger partial charge on any atom is -0.489 e. The number of hydrogen-bond donors (Lipinski definition) is 1. The minimum absolute atomic E-state index is 0.0383. The van der Waals surface area contributed by atoms with Gasteiger partial charge in [0.25, 0.3) is 0 Å². The van der Waals surface area contributed by atoms with Crippen molar-refractivity contribution in [2.75, 3.05) is 6.54 Å². The number of benzene rings is 1. The van der Waals surface area contributed by atoms with Gasteiger partial charge in [-0.2, -0.15) is 0 Å². The van der Waals surface area contributed by atoms with Gasteiger partial charge in [0.2, 0.25) is 5.91 Å². The number of carbonyl (C=O) groups is 1. The summed E-state index contributed by atoms with van der Waals surface area (Å²) in [5.74, 6) is 0.505. The van der Waals surface area contributed by atoms with E-state index in [0.717, 1.165) is 11.4 Å². The van der Waals surface area contributed by atoms with E-state index in [1.807, 2.05) is 53.4 Å². The van der Waals surface area contributed by atoms with Gasteiger partial charge in [0.05, 0.1) is 11.7 Å². The van der Waals surface area contributed by atoms with Crippen molar-refractivity contribution in [3.63, 3.8) is 0 Å². The van der Waals surface area contributed by atoms with E-state index >= 15 is 0 Å². The fourth-order valence-electron chi connectivity index (χ4n) is 2.81. The Morgan fingerprint density at radius 2 is 2.00 bits per heavy atom. The Hall–Kier alpha value is -2.40. The fourth-order valence-corrected chi connectivity index (χ4v) is 2.81. The van der Waals surface area contributed by atoms with Crippen molar-refractivity contribution in [1.82, 2.24) is 9.88 Å². The molecule has 5 nitrogen and oxygen atoms in total. The SMILES string of the molecule is NC(=O)[C@@H]1C[C@H](Oc2ccccc2)CN1Cc1ccccn1. The van der Waals surface area contributed by atoms with Crippen molar-refractivity contribution in [1.29, 1.82) is 0 Å². The number of amides is 1. The highest BCUT2D eigenvalue weighted by molar-refractivity contribution is 5.80. The largest absolute Gasteiger partial charge is 0.489 e. The predicted octanol–water partition coefficient (Wildman–Crippen LogP) is 1.59. The third-order valence-corrected chi connectivity index (χ3v) is 3.83. The Kier molecular flexibility index (Phi) is 4.34. The number of nitrogens with two attached hydrogens (primary N) is 1. The van der Waals surface area contributed by atoms with E-state index in [-0.39, 0.29) is 18.1 Å². The Bertz CT molecular complexity index is 618. The zero-order valence-corrected chi connectivity index (χ0v) is 12.3. The van der Waals surface area contributed by atoms with Crippen LogP contribution in [-0.2, 0) is 11.3 Å². The Morgan fingerprint density at radius 1 is 1.23 bits per heavy atom. The van der Waals surface area contributed by atoms with Gasteiger partial charge in [-0.3, -0.25) is 14.7 Å². The minimum atomic E-state index is -0.310. The third kappa shape index (κ3) is 3.43. The number of pyridine rings is 1. The van der Waals surface area contributed by atoms with Crippen molar-refractivity contribution in [2.24, 2.45) is 5.73 Å². The second-order valence-electron chi connectivity index (χ2n) is 5.46. The van der Waals surface area contributed by atoms with E-state index < -0.39 is 0 Å². The van der Waals surface area contributed by atoms with Crippen LogP contribution in [0.15, 0.2) is 54.7 Å². The first kappa shape index (κ1) is 14.5. The summed E-state index contributed by atoms with van der Waals surface area (Å²) in [4.78, 5) is 18.1. The highest BCUT2D eigenvalue weighted by atomic mass is 16.5. The number of ether oxygens (including phenoxy) is 1. The number of para-hydroxylation sites is 1. The van der Waals surface area contributed by atoms with Crippen LogP contribution in [0.25, 0.3) is 0 Å². The lowest BCUT2D eigenvalue weighted by atomic mass is 10.2. The molecule has 1 aromatic heterocycles. The standard InChI is InChI=1S/C17H19N3O2/c18-17(21)16-10-15(22-14-7-2-1-3-8-14)12-20(16)11-13-6-4-5-9-19-13/h1-9,15-16H,10-12H2,(H2,18,21)/t15-,16-/m0/s1. The molecular weight excluding hydrogens is 278 g/mol. The number of likely N-dealkylation sites (tertiary alicyclic amines) is 1. The molecule has 1 aromatic carbocycles. The highest BCUT2D eigenvalue weighted by Crippen LogP contribution is 2.24. The molecule has 2 N–H and O–H groups in total. The first-order chi connectivity index (χ1) is 10.7. The maximum Gasteiger partial charge on any atom is 0.234 e. The van der Waals surface area contributed by atoms with Crippen LogP contribution < -0.4 is 10.5 Å². The molecule has 1 saturated heterocycles. The summed E-state index contributed by atoms with van der Waals surface area (Å²) < 4.78 is 5.95. The van der Waals surface area contributed by atoms with E-state index in [9.17, 15) is 4.79 Å². The molecule has 1 aliphatic heterocycles. The Labute approximate surface area is 129 Å². The highest BCUT2D eigenvalue weighted by Gasteiger charge is 2.36. The van der Waals surface area contributed by atoms with Gasteiger partial charge >= 0.3 is 0 Å². The van der Waals surface area contributed by atoms with Crippen LogP contribution in [0.2, 0.25) is 0 Å². The Morgan fingerprint density at radius 3 is 2.68 bits per heavy atom. The van der Waals surface area contributed by atoms with Crippen LogP contribution in [-0.4, -0.2) is 34.5 Å². The molecule has 1 fully saturated rings. The summed E-state index contributed by atoms with van der Waals surface area (Å²) >= 11 is 0. The number of aromatic nitrogens is 1. The van der Waals surface area contributed by atoms with Crippen LogP contribution in [0.4, 0.5) is 0 Å². The van der Waals surface area contributed by atoms with Crippen LogP contribution >= 0.6 is 0 Å². The van der Waals surface area contributed by atoms with Crippen molar-refractivity contribution in [2.45, 2.75) is 25.1 Å². The molecule has 1 amide bonds. The predicted molar refractivity (Wildman–Crippen MR) is 83.1 cm³/mol. The normalized spacial score (nSPS) is 21.6. The summed E-state index contributed by atoms with van der Waals surface area (Å²) in [6.45, 7) is 1.27. The lowest BCUT2D eigenvalue weighted by Gasteiger charge is -2.20. The molecule has 0 bridgehead atoms. The van der Waals surface area contributed by atoms with Gasteiger partial charge in [-0.05, 0) is 24.3 Å². The number of carbonyl (C=O) groups excluding carboxylic acids is 1. The van der Waals surface area contributed by atoms with Crippen LogP contribution in [0.3, 0.4) is 0 Å². The average Bonchev–Trinajstić information content (AvgIpc) is 2.92. The summed E-state index contributed by atoms with van der Waals surface area (Å²) in [6.07, 6.45) is 2.32. The summed E-state index contributed by atoms with van der Waals surface area (Å²) in [5.41, 5.74) is 6.47. The van der Waals surface area contributed by atoms with Crippen LogP contribution in [0.1, 0.15) is 12.1 Å². The lowest BCUT2D eigenvalue weighted by Crippen LogP contribution is -2.39. The molecule has 2 aromatic rings. The summed E-state index contributed by atoms with van der Waals surface area (Å²) in [6, 6.07) is 15.1. The molecule has 1 aliphatic rings. The van der Waals surface area contributed by atoms with Crippen molar-refractivity contribution in [3.05, 3.63) is 60.4 Å². The molecule has 0 spiro atoms. The van der Waals surface area contributed by atoms with Gasteiger partial charge < -0.3 is 10.5 Å². The number of hydrogen-bond acceptors (Lipinski definition) is 4. The maximum atomic E-state index is 11.7. The summed E-state index contributed by atoms with van der Waals surface area (Å²) in [7, 11) is 0. The monoisotopic (exact) mass is 297 g/mol. The quantitative estimate of drug-likeness (QED) is 0.910. The molecule has 0 unspecified atom stereocenters. The smallest absolute Gasteiger partial charge is 0.234 e. The van der Waals surface area contributed by atoms with Crippen molar-refractivity contribution < 1.29 is 9.53 Å². The fraction of sp³-hybridized carbons (Fsp3) is 0.294. The second kappa shape index (κ2) is 6.58. The second-order valence-corrected chi connectivity index (χ2v) is 5.46. The van der Waals surface area contributed by atoms with Gasteiger partial charge in [-0.15, -0.1) is 0 Å². The number of nitrogens with zero attached hydrogens (tertiary/aromatic N) is 2. The lowest BCUT2D eigenvalue weighted by molar-refractivity contribution is -0.122. The zero-order chi connectivity index (χ0) is 15.4. The van der Waals surface area contributed by atoms with Gasteiger partial charge in [0.1, 0.15) is 11.9 Å². The molecule has 2 atom stereocenters. The average molecular weight is 297 g/mol. The molecule has 0 radical (unpaired) electrons. The van der Waals surface area contributed by atoms with E-state index in [2.05, 4.69) is 4.98 Å². The van der Waals surface area contributed by atoms with Gasteiger partial charge in [0, 0.05) is 25.7 Å². The zero-order valence-electron chi connectivity index (χ0n) is 12.3. The van der Waals surface area contributed by atoms with Gasteiger partial charge in [-0.25, -0.2) is 0 Å². The summed E-state index contributed by atoms with van der Waals surface area (Å²) in [5, 5.41) is 0. The van der Waals surface area contributed by atoms with Gasteiger partial charge in [0.15, 0.2) is 0 Å². The number of primary amides is 1. The van der Waals surface area contributed by atoms with E-state index in [0.29, 0.717) is 19.5 Å². The molecule has 0 aliphatic carbocycles. The number of rotatable bonds is 5. The van der Waals surface area contributed by atoms with E-state index in [1.54, 1.807) is 6.20 Å². The molecule has 5 heteroatoms. The van der Waals surface area contributed by atoms with E-state index in [4.69, 9.17) is 10.5 Å². The van der Waals surface area contributed by atoms with Crippen LogP contribution in [0, 0.1) is 0 Å².